The fraction of sp³-hybridized carbons (Fsp3) is 0.118. The molecule has 3 rings (SSSR count). The molecule has 2 aromatic carbocycles. The Bertz CT molecular complexity index is 754. The van der Waals surface area contributed by atoms with Crippen LogP contribution in [0.3, 0.4) is 0 Å². The first-order valence-corrected chi connectivity index (χ1v) is 7.37. The van der Waals surface area contributed by atoms with Crippen molar-refractivity contribution in [3.63, 3.8) is 0 Å². The minimum Gasteiger partial charge on any atom is -0.399 e. The highest BCUT2D eigenvalue weighted by Crippen LogP contribution is 2.19. The summed E-state index contributed by atoms with van der Waals surface area (Å²) in [6.45, 7) is 0. The molecule has 0 saturated carbocycles. The maximum absolute atomic E-state index is 5.69. The van der Waals surface area contributed by atoms with Gasteiger partial charge in [-0.15, -0.1) is 0 Å². The van der Waals surface area contributed by atoms with Gasteiger partial charge < -0.3 is 11.1 Å². The number of imidazole rings is 1. The van der Waals surface area contributed by atoms with Crippen LogP contribution in [0.15, 0.2) is 60.9 Å². The van der Waals surface area contributed by atoms with Gasteiger partial charge in [-0.25, -0.2) is 9.13 Å². The molecule has 0 saturated heterocycles. The summed E-state index contributed by atoms with van der Waals surface area (Å²) < 4.78 is 4.01. The number of benzene rings is 2. The van der Waals surface area contributed by atoms with E-state index in [1.54, 1.807) is 0 Å². The zero-order valence-corrected chi connectivity index (χ0v) is 13.2. The van der Waals surface area contributed by atoms with Crippen LogP contribution in [0.5, 0.6) is 0 Å². The molecular formula is C17H21N6+. The third-order valence-electron chi connectivity index (χ3n) is 3.58. The highest BCUT2D eigenvalue weighted by Gasteiger charge is 2.09. The van der Waals surface area contributed by atoms with Crippen molar-refractivity contribution in [2.75, 3.05) is 21.9 Å². The summed E-state index contributed by atoms with van der Waals surface area (Å²) in [4.78, 5) is 0. The van der Waals surface area contributed by atoms with Gasteiger partial charge in [-0.2, -0.15) is 5.43 Å². The van der Waals surface area contributed by atoms with E-state index in [2.05, 4.69) is 16.2 Å². The van der Waals surface area contributed by atoms with Crippen LogP contribution in [0, 0.1) is 0 Å². The molecule has 0 fully saturated rings. The van der Waals surface area contributed by atoms with Crippen molar-refractivity contribution in [1.29, 1.82) is 0 Å². The molecular weight excluding hydrogens is 288 g/mol. The first kappa shape index (κ1) is 14.8. The van der Waals surface area contributed by atoms with Gasteiger partial charge in [0.25, 0.3) is 0 Å². The van der Waals surface area contributed by atoms with Gasteiger partial charge in [0.05, 0.1) is 32.2 Å². The topological polar surface area (TPSA) is 70.9 Å². The lowest BCUT2D eigenvalue weighted by Crippen LogP contribution is -2.32. The zero-order valence-electron chi connectivity index (χ0n) is 13.2. The molecule has 0 aliphatic heterocycles. The molecule has 0 spiro atoms. The van der Waals surface area contributed by atoms with E-state index >= 15 is 0 Å². The molecule has 6 nitrogen and oxygen atoms in total. The van der Waals surface area contributed by atoms with Gasteiger partial charge in [-0.05, 0) is 48.5 Å². The van der Waals surface area contributed by atoms with E-state index in [0.29, 0.717) is 0 Å². The Morgan fingerprint density at radius 1 is 0.870 bits per heavy atom. The van der Waals surface area contributed by atoms with Gasteiger partial charge in [-0.1, -0.05) is 0 Å². The van der Waals surface area contributed by atoms with E-state index in [0.717, 1.165) is 28.7 Å². The van der Waals surface area contributed by atoms with E-state index in [4.69, 9.17) is 5.73 Å². The van der Waals surface area contributed by atoms with Gasteiger partial charge in [0.15, 0.2) is 0 Å². The van der Waals surface area contributed by atoms with Crippen molar-refractivity contribution in [3.8, 4) is 0 Å². The number of anilines is 5. The van der Waals surface area contributed by atoms with Crippen molar-refractivity contribution < 1.29 is 4.57 Å². The standard InChI is InChI=1S/C17H20N6/c1-22-11-12-23(2)17(22)21-20-16-9-7-15(8-10-16)19-14-5-3-13(18)4-6-14/h3-12,19-20H,18H2,1-2H3/p+1. The largest absolute Gasteiger partial charge is 0.399 e. The summed E-state index contributed by atoms with van der Waals surface area (Å²) in [6.07, 6.45) is 3.98. The molecule has 0 radical (unpaired) electrons. The highest BCUT2D eigenvalue weighted by molar-refractivity contribution is 5.64. The van der Waals surface area contributed by atoms with Gasteiger partial charge >= 0.3 is 5.95 Å². The third-order valence-corrected chi connectivity index (χ3v) is 3.58. The smallest absolute Gasteiger partial charge is 0.378 e. The summed E-state index contributed by atoms with van der Waals surface area (Å²) in [7, 11) is 3.98. The number of aromatic nitrogens is 2. The van der Waals surface area contributed by atoms with Crippen LogP contribution >= 0.6 is 0 Å². The summed E-state index contributed by atoms with van der Waals surface area (Å²) in [5.74, 6) is 0.967. The van der Waals surface area contributed by atoms with Gasteiger partial charge in [0.2, 0.25) is 0 Å². The Balaban J connectivity index is 1.62. The predicted molar refractivity (Wildman–Crippen MR) is 94.4 cm³/mol. The van der Waals surface area contributed by atoms with Crippen LogP contribution in [0.1, 0.15) is 0 Å². The van der Waals surface area contributed by atoms with E-state index < -0.39 is 0 Å². The number of hydrazine groups is 1. The Kier molecular flexibility index (Phi) is 4.05. The molecule has 0 aliphatic rings. The lowest BCUT2D eigenvalue weighted by molar-refractivity contribution is -0.656. The quantitative estimate of drug-likeness (QED) is 0.332. The molecule has 1 heterocycles. The molecule has 118 valence electrons. The second-order valence-corrected chi connectivity index (χ2v) is 5.42. The Morgan fingerprint density at radius 2 is 1.43 bits per heavy atom. The summed E-state index contributed by atoms with van der Waals surface area (Å²) in [6, 6.07) is 15.7. The van der Waals surface area contributed by atoms with E-state index in [1.807, 2.05) is 84.2 Å². The summed E-state index contributed by atoms with van der Waals surface area (Å²) in [5.41, 5.74) is 15.8. The molecule has 0 atom stereocenters. The predicted octanol–water partition coefficient (Wildman–Crippen LogP) is 2.61. The van der Waals surface area contributed by atoms with Gasteiger partial charge in [0, 0.05) is 17.1 Å². The molecule has 0 bridgehead atoms. The zero-order chi connectivity index (χ0) is 16.2. The van der Waals surface area contributed by atoms with Crippen molar-refractivity contribution in [1.82, 2.24) is 4.57 Å². The third kappa shape index (κ3) is 3.55. The number of nitrogens with zero attached hydrogens (tertiary/aromatic N) is 2. The van der Waals surface area contributed by atoms with Gasteiger partial charge in [0.1, 0.15) is 0 Å². The number of nitrogen functional groups attached to an aromatic ring is 1. The van der Waals surface area contributed by atoms with Crippen LogP contribution in [0.25, 0.3) is 0 Å². The van der Waals surface area contributed by atoms with Crippen LogP contribution in [0.4, 0.5) is 28.7 Å². The van der Waals surface area contributed by atoms with Crippen molar-refractivity contribution in [3.05, 3.63) is 60.9 Å². The monoisotopic (exact) mass is 309 g/mol. The van der Waals surface area contributed by atoms with Crippen LogP contribution < -0.4 is 26.5 Å². The Hall–Kier alpha value is -3.15. The Labute approximate surface area is 135 Å². The maximum Gasteiger partial charge on any atom is 0.378 e. The Morgan fingerprint density at radius 3 is 2.00 bits per heavy atom. The SMILES string of the molecule is Cn1cc[n+](C)c1NNc1ccc(Nc2ccc(N)cc2)cc1. The number of hydrogen-bond acceptors (Lipinski definition) is 4. The second kappa shape index (κ2) is 6.31. The summed E-state index contributed by atoms with van der Waals surface area (Å²) >= 11 is 0. The molecule has 0 unspecified atom stereocenters. The molecule has 0 aliphatic carbocycles. The van der Waals surface area contributed by atoms with E-state index in [-0.39, 0.29) is 0 Å². The van der Waals surface area contributed by atoms with Crippen molar-refractivity contribution in [2.24, 2.45) is 14.1 Å². The molecule has 3 aromatic rings. The summed E-state index contributed by atoms with van der Waals surface area (Å²) in [5, 5.41) is 3.33. The highest BCUT2D eigenvalue weighted by atomic mass is 15.4. The number of rotatable bonds is 5. The van der Waals surface area contributed by atoms with Crippen molar-refractivity contribution >= 4 is 28.7 Å². The number of nitrogens with one attached hydrogen (secondary N) is 3. The first-order chi connectivity index (χ1) is 11.1. The number of nitrogens with two attached hydrogens (primary N) is 1. The average Bonchev–Trinajstić information content (AvgIpc) is 2.88. The number of aryl methyl sites for hydroxylation is 2. The fourth-order valence-corrected chi connectivity index (χ4v) is 2.26. The van der Waals surface area contributed by atoms with Crippen molar-refractivity contribution in [2.45, 2.75) is 0 Å². The van der Waals surface area contributed by atoms with Crippen LogP contribution in [-0.2, 0) is 14.1 Å². The molecule has 5 N–H and O–H groups in total. The van der Waals surface area contributed by atoms with E-state index in [1.165, 1.54) is 0 Å². The minimum atomic E-state index is 0.759. The first-order valence-electron chi connectivity index (χ1n) is 7.37. The fourth-order valence-electron chi connectivity index (χ4n) is 2.26. The molecule has 6 heteroatoms. The van der Waals surface area contributed by atoms with Crippen LogP contribution in [-0.4, -0.2) is 4.57 Å². The lowest BCUT2D eigenvalue weighted by Gasteiger charge is -2.09. The van der Waals surface area contributed by atoms with Crippen LogP contribution in [0.2, 0.25) is 0 Å². The normalized spacial score (nSPS) is 10.3. The number of hydrogen-bond donors (Lipinski definition) is 4. The van der Waals surface area contributed by atoms with Gasteiger partial charge in [-0.3, -0.25) is 5.43 Å². The molecule has 23 heavy (non-hydrogen) atoms. The average molecular weight is 309 g/mol. The molecule has 1 aromatic heterocycles. The minimum absolute atomic E-state index is 0.759. The molecule has 0 amide bonds. The second-order valence-electron chi connectivity index (χ2n) is 5.42. The maximum atomic E-state index is 5.69. The lowest BCUT2D eigenvalue weighted by atomic mass is 10.2. The van der Waals surface area contributed by atoms with E-state index in [9.17, 15) is 0 Å².